The van der Waals surface area contributed by atoms with Crippen LogP contribution in [0.4, 0.5) is 5.69 Å². The van der Waals surface area contributed by atoms with E-state index in [2.05, 4.69) is 24.4 Å². The van der Waals surface area contributed by atoms with Gasteiger partial charge in [-0.1, -0.05) is 37.6 Å². The Balaban J connectivity index is 2.01. The summed E-state index contributed by atoms with van der Waals surface area (Å²) in [5, 5.41) is 8.99. The molecule has 0 saturated carbocycles. The molecule has 1 atom stereocenters. The number of sulfonamides is 1. The monoisotopic (exact) mass is 405 g/mol. The topological polar surface area (TPSA) is 75.4 Å². The maximum absolute atomic E-state index is 11.4. The summed E-state index contributed by atoms with van der Waals surface area (Å²) in [6, 6.07) is 14.8. The molecule has 0 amide bonds. The van der Waals surface area contributed by atoms with Crippen molar-refractivity contribution in [2.24, 2.45) is 5.14 Å². The van der Waals surface area contributed by atoms with Crippen LogP contribution in [0.25, 0.3) is 0 Å². The van der Waals surface area contributed by atoms with Crippen molar-refractivity contribution in [2.45, 2.75) is 44.0 Å². The van der Waals surface area contributed by atoms with E-state index in [0.717, 1.165) is 17.7 Å². The molecular formula is C20H27N3O2S2. The lowest BCUT2D eigenvalue weighted by Crippen LogP contribution is -2.33. The fourth-order valence-electron chi connectivity index (χ4n) is 2.68. The van der Waals surface area contributed by atoms with E-state index in [9.17, 15) is 8.42 Å². The van der Waals surface area contributed by atoms with E-state index in [1.165, 1.54) is 30.5 Å². The van der Waals surface area contributed by atoms with E-state index in [-0.39, 0.29) is 10.9 Å². The first-order chi connectivity index (χ1) is 12.7. The van der Waals surface area contributed by atoms with E-state index in [0.29, 0.717) is 5.11 Å². The summed E-state index contributed by atoms with van der Waals surface area (Å²) >= 11 is 5.52. The number of aryl methyl sites for hydroxylation is 1. The molecule has 0 aliphatic rings. The molecule has 3 N–H and O–H groups in total. The van der Waals surface area contributed by atoms with Gasteiger partial charge in [-0.2, -0.15) is 0 Å². The fourth-order valence-corrected chi connectivity index (χ4v) is 3.47. The number of benzene rings is 2. The SMILES string of the molecule is CCCCc1ccc(NC(=S)N(C)[C@@H](C)c2ccc(S(N)(=O)=O)cc2)cc1. The molecular weight excluding hydrogens is 378 g/mol. The molecule has 146 valence electrons. The first-order valence-corrected chi connectivity index (χ1v) is 10.9. The molecule has 0 spiro atoms. The van der Waals surface area contributed by atoms with Crippen LogP contribution in [0.15, 0.2) is 53.4 Å². The zero-order valence-electron chi connectivity index (χ0n) is 16.0. The van der Waals surface area contributed by atoms with E-state index >= 15 is 0 Å². The highest BCUT2D eigenvalue weighted by Gasteiger charge is 2.16. The molecule has 2 aromatic rings. The van der Waals surface area contributed by atoms with Crippen LogP contribution >= 0.6 is 12.2 Å². The number of nitrogens with zero attached hydrogens (tertiary/aromatic N) is 1. The zero-order valence-corrected chi connectivity index (χ0v) is 17.6. The summed E-state index contributed by atoms with van der Waals surface area (Å²) < 4.78 is 22.8. The average Bonchev–Trinajstić information content (AvgIpc) is 2.65. The normalized spacial score (nSPS) is 12.4. The summed E-state index contributed by atoms with van der Waals surface area (Å²) in [5.41, 5.74) is 3.22. The summed E-state index contributed by atoms with van der Waals surface area (Å²) in [6.45, 7) is 4.20. The van der Waals surface area contributed by atoms with E-state index in [1.54, 1.807) is 12.1 Å². The molecule has 0 radical (unpaired) electrons. The lowest BCUT2D eigenvalue weighted by Gasteiger charge is -2.28. The van der Waals surface area contributed by atoms with E-state index in [1.807, 2.05) is 31.0 Å². The van der Waals surface area contributed by atoms with Gasteiger partial charge in [-0.15, -0.1) is 0 Å². The highest BCUT2D eigenvalue weighted by atomic mass is 32.2. The molecule has 0 aliphatic carbocycles. The molecule has 0 bridgehead atoms. The summed E-state index contributed by atoms with van der Waals surface area (Å²) in [6.07, 6.45) is 3.47. The van der Waals surface area contributed by atoms with Crippen LogP contribution in [0.3, 0.4) is 0 Å². The van der Waals surface area contributed by atoms with Gasteiger partial charge in [-0.25, -0.2) is 13.6 Å². The van der Waals surface area contributed by atoms with Crippen molar-refractivity contribution in [1.82, 2.24) is 4.90 Å². The van der Waals surface area contributed by atoms with Crippen molar-refractivity contribution < 1.29 is 8.42 Å². The van der Waals surface area contributed by atoms with Crippen molar-refractivity contribution in [3.8, 4) is 0 Å². The van der Waals surface area contributed by atoms with Crippen molar-refractivity contribution in [3.63, 3.8) is 0 Å². The molecule has 0 unspecified atom stereocenters. The number of primary sulfonamides is 1. The summed E-state index contributed by atoms with van der Waals surface area (Å²) in [7, 11) is -1.78. The number of unbranched alkanes of at least 4 members (excludes halogenated alkanes) is 1. The minimum atomic E-state index is -3.68. The molecule has 2 rings (SSSR count). The van der Waals surface area contributed by atoms with Gasteiger partial charge in [-0.05, 0) is 67.4 Å². The number of nitrogens with two attached hydrogens (primary N) is 1. The number of nitrogens with one attached hydrogen (secondary N) is 1. The number of hydrogen-bond donors (Lipinski definition) is 2. The summed E-state index contributed by atoms with van der Waals surface area (Å²) in [4.78, 5) is 2.04. The fraction of sp³-hybridized carbons (Fsp3) is 0.350. The minimum Gasteiger partial charge on any atom is -0.345 e. The van der Waals surface area contributed by atoms with Gasteiger partial charge in [0.15, 0.2) is 5.11 Å². The van der Waals surface area contributed by atoms with Crippen LogP contribution < -0.4 is 10.5 Å². The molecule has 27 heavy (non-hydrogen) atoms. The first-order valence-electron chi connectivity index (χ1n) is 8.98. The predicted molar refractivity (Wildman–Crippen MR) is 115 cm³/mol. The Kier molecular flexibility index (Phi) is 7.35. The third-order valence-electron chi connectivity index (χ3n) is 4.62. The molecule has 2 aromatic carbocycles. The van der Waals surface area contributed by atoms with Crippen LogP contribution in [0.1, 0.15) is 43.9 Å². The first kappa shape index (κ1) is 21.3. The largest absolute Gasteiger partial charge is 0.345 e. The van der Waals surface area contributed by atoms with Crippen molar-refractivity contribution in [2.75, 3.05) is 12.4 Å². The third kappa shape index (κ3) is 6.02. The molecule has 0 fully saturated rings. The third-order valence-corrected chi connectivity index (χ3v) is 5.94. The van der Waals surface area contributed by atoms with Gasteiger partial charge < -0.3 is 10.2 Å². The Morgan fingerprint density at radius 2 is 1.74 bits per heavy atom. The quantitative estimate of drug-likeness (QED) is 0.679. The Labute approximate surface area is 167 Å². The molecule has 0 aromatic heterocycles. The molecule has 0 heterocycles. The Morgan fingerprint density at radius 1 is 1.15 bits per heavy atom. The molecule has 0 aliphatic heterocycles. The number of hydrogen-bond acceptors (Lipinski definition) is 3. The lowest BCUT2D eigenvalue weighted by atomic mass is 10.1. The maximum Gasteiger partial charge on any atom is 0.238 e. The second-order valence-electron chi connectivity index (χ2n) is 6.63. The van der Waals surface area contributed by atoms with Crippen molar-refractivity contribution in [1.29, 1.82) is 0 Å². The maximum atomic E-state index is 11.4. The molecule has 7 heteroatoms. The van der Waals surface area contributed by atoms with Crippen LogP contribution in [0.2, 0.25) is 0 Å². The Morgan fingerprint density at radius 3 is 2.26 bits per heavy atom. The molecule has 0 saturated heterocycles. The van der Waals surface area contributed by atoms with E-state index in [4.69, 9.17) is 17.4 Å². The van der Waals surface area contributed by atoms with E-state index < -0.39 is 10.0 Å². The van der Waals surface area contributed by atoms with Gasteiger partial charge in [0, 0.05) is 12.7 Å². The van der Waals surface area contributed by atoms with Gasteiger partial charge in [0.2, 0.25) is 10.0 Å². The van der Waals surface area contributed by atoms with Crippen LogP contribution in [0.5, 0.6) is 0 Å². The van der Waals surface area contributed by atoms with Gasteiger partial charge in [0.1, 0.15) is 0 Å². The van der Waals surface area contributed by atoms with Gasteiger partial charge >= 0.3 is 0 Å². The van der Waals surface area contributed by atoms with Crippen LogP contribution in [0, 0.1) is 0 Å². The van der Waals surface area contributed by atoms with Crippen molar-refractivity contribution >= 4 is 33.0 Å². The second kappa shape index (κ2) is 9.30. The predicted octanol–water partition coefficient (Wildman–Crippen LogP) is 4.07. The Hall–Kier alpha value is -1.96. The lowest BCUT2D eigenvalue weighted by molar-refractivity contribution is 0.408. The summed E-state index contributed by atoms with van der Waals surface area (Å²) in [5.74, 6) is 0. The van der Waals surface area contributed by atoms with Crippen LogP contribution in [-0.4, -0.2) is 25.5 Å². The zero-order chi connectivity index (χ0) is 20.0. The standard InChI is InChI=1S/C20H27N3O2S2/c1-4-5-6-16-7-11-18(12-8-16)22-20(26)23(3)15(2)17-9-13-19(14-10-17)27(21,24)25/h7-15H,4-6H2,1-3H3,(H,22,26)(H2,21,24,25)/t15-/m0/s1. The number of rotatable bonds is 7. The van der Waals surface area contributed by atoms with Crippen molar-refractivity contribution in [3.05, 3.63) is 59.7 Å². The van der Waals surface area contributed by atoms with Gasteiger partial charge in [-0.3, -0.25) is 0 Å². The number of anilines is 1. The highest BCUT2D eigenvalue weighted by molar-refractivity contribution is 7.89. The minimum absolute atomic E-state index is 0.0247. The molecule has 5 nitrogen and oxygen atoms in total. The van der Waals surface area contributed by atoms with Gasteiger partial charge in [0.25, 0.3) is 0 Å². The Bertz CT molecular complexity index is 863. The number of thiocarbonyl (C=S) groups is 1. The smallest absolute Gasteiger partial charge is 0.238 e. The van der Waals surface area contributed by atoms with Crippen LogP contribution in [-0.2, 0) is 16.4 Å². The average molecular weight is 406 g/mol. The highest BCUT2D eigenvalue weighted by Crippen LogP contribution is 2.22. The van der Waals surface area contributed by atoms with Gasteiger partial charge in [0.05, 0.1) is 10.9 Å². The second-order valence-corrected chi connectivity index (χ2v) is 8.58.